The number of phenolic OH excluding ortho intramolecular Hbond substituents is 1. The highest BCUT2D eigenvalue weighted by Gasteiger charge is 2.15. The summed E-state index contributed by atoms with van der Waals surface area (Å²) >= 11 is 0. The lowest BCUT2D eigenvalue weighted by atomic mass is 9.92. The molecular formula is C13H8O2. The number of allylic oxidation sites excluding steroid dienone is 1. The van der Waals surface area contributed by atoms with Crippen LogP contribution < -0.4 is 0 Å². The van der Waals surface area contributed by atoms with Gasteiger partial charge in [-0.15, -0.1) is 0 Å². The first-order valence-electron chi connectivity index (χ1n) is 4.74. The molecule has 72 valence electrons. The molecule has 1 aliphatic rings. The Hall–Kier alpha value is -2.09. The maximum Gasteiger partial charge on any atom is 0.186 e. The number of hydrogen-bond acceptors (Lipinski definition) is 2. The van der Waals surface area contributed by atoms with Gasteiger partial charge in [-0.3, -0.25) is 4.79 Å². The third-order valence-electron chi connectivity index (χ3n) is 2.73. The van der Waals surface area contributed by atoms with Gasteiger partial charge in [-0.05, 0) is 17.7 Å². The summed E-state index contributed by atoms with van der Waals surface area (Å²) in [4.78, 5) is 11.6. The minimum Gasteiger partial charge on any atom is -0.507 e. The number of benzene rings is 2. The molecule has 2 aromatic carbocycles. The summed E-state index contributed by atoms with van der Waals surface area (Å²) < 4.78 is 0. The number of carbonyl (C=O) groups is 1. The van der Waals surface area contributed by atoms with Gasteiger partial charge < -0.3 is 5.11 Å². The molecule has 0 heterocycles. The molecule has 15 heavy (non-hydrogen) atoms. The molecule has 1 N–H and O–H groups in total. The highest BCUT2D eigenvalue weighted by Crippen LogP contribution is 2.33. The number of carbonyl (C=O) groups excluding carboxylic acids is 1. The van der Waals surface area contributed by atoms with E-state index in [-0.39, 0.29) is 11.5 Å². The Labute approximate surface area is 86.5 Å². The van der Waals surface area contributed by atoms with E-state index in [4.69, 9.17) is 0 Å². The summed E-state index contributed by atoms with van der Waals surface area (Å²) in [5.74, 6) is 0.220. The van der Waals surface area contributed by atoms with Gasteiger partial charge in [-0.2, -0.15) is 0 Å². The van der Waals surface area contributed by atoms with Gasteiger partial charge in [-0.1, -0.05) is 30.3 Å². The standard InChI is InChI=1S/C13H8O2/c14-11-6-4-8-5-7-12(15)10-3-1-2-9(11)13(8)10/h1-7,14H. The first-order chi connectivity index (χ1) is 7.27. The zero-order chi connectivity index (χ0) is 10.4. The van der Waals surface area contributed by atoms with Crippen LogP contribution in [0.3, 0.4) is 0 Å². The molecule has 0 aromatic heterocycles. The third-order valence-corrected chi connectivity index (χ3v) is 2.73. The highest BCUT2D eigenvalue weighted by atomic mass is 16.3. The van der Waals surface area contributed by atoms with Gasteiger partial charge in [0.05, 0.1) is 0 Å². The van der Waals surface area contributed by atoms with Crippen molar-refractivity contribution in [1.82, 2.24) is 0 Å². The second-order valence-corrected chi connectivity index (χ2v) is 3.60. The molecule has 0 bridgehead atoms. The highest BCUT2D eigenvalue weighted by molar-refractivity contribution is 6.20. The van der Waals surface area contributed by atoms with Crippen molar-refractivity contribution < 1.29 is 9.90 Å². The molecule has 0 atom stereocenters. The Morgan fingerprint density at radius 3 is 2.73 bits per heavy atom. The predicted octanol–water partition coefficient (Wildman–Crippen LogP) is 2.75. The monoisotopic (exact) mass is 196 g/mol. The van der Waals surface area contributed by atoms with Gasteiger partial charge >= 0.3 is 0 Å². The van der Waals surface area contributed by atoms with E-state index in [1.165, 1.54) is 0 Å². The molecule has 0 fully saturated rings. The van der Waals surface area contributed by atoms with Gasteiger partial charge in [0.25, 0.3) is 0 Å². The van der Waals surface area contributed by atoms with Crippen molar-refractivity contribution in [3.8, 4) is 5.75 Å². The normalized spacial score (nSPS) is 13.5. The van der Waals surface area contributed by atoms with Crippen LogP contribution in [0, 0.1) is 0 Å². The maximum absolute atomic E-state index is 11.6. The lowest BCUT2D eigenvalue weighted by molar-refractivity contribution is 0.104. The molecule has 0 saturated carbocycles. The molecule has 2 nitrogen and oxygen atoms in total. The molecule has 2 heteroatoms. The molecular weight excluding hydrogens is 188 g/mol. The third kappa shape index (κ3) is 1.02. The molecule has 0 radical (unpaired) electrons. The second kappa shape index (κ2) is 2.70. The zero-order valence-corrected chi connectivity index (χ0v) is 7.90. The van der Waals surface area contributed by atoms with Gasteiger partial charge in [0, 0.05) is 16.3 Å². The van der Waals surface area contributed by atoms with Crippen molar-refractivity contribution in [3.05, 3.63) is 47.5 Å². The maximum atomic E-state index is 11.6. The van der Waals surface area contributed by atoms with Gasteiger partial charge in [0.15, 0.2) is 5.78 Å². The first-order valence-corrected chi connectivity index (χ1v) is 4.74. The fourth-order valence-electron chi connectivity index (χ4n) is 2.02. The largest absolute Gasteiger partial charge is 0.507 e. The van der Waals surface area contributed by atoms with Crippen molar-refractivity contribution in [3.63, 3.8) is 0 Å². The smallest absolute Gasteiger partial charge is 0.186 e. The van der Waals surface area contributed by atoms with E-state index in [1.54, 1.807) is 30.4 Å². The van der Waals surface area contributed by atoms with E-state index in [9.17, 15) is 9.90 Å². The molecule has 0 spiro atoms. The number of phenols is 1. The predicted molar refractivity (Wildman–Crippen MR) is 59.0 cm³/mol. The average molecular weight is 196 g/mol. The Bertz CT molecular complexity index is 609. The van der Waals surface area contributed by atoms with Gasteiger partial charge in [0.2, 0.25) is 0 Å². The minimum atomic E-state index is -0.00120. The van der Waals surface area contributed by atoms with Crippen molar-refractivity contribution in [2.75, 3.05) is 0 Å². The van der Waals surface area contributed by atoms with Crippen LogP contribution in [-0.2, 0) is 0 Å². The quantitative estimate of drug-likeness (QED) is 0.703. The van der Waals surface area contributed by atoms with E-state index in [1.807, 2.05) is 12.1 Å². The van der Waals surface area contributed by atoms with Gasteiger partial charge in [0.1, 0.15) is 5.75 Å². The number of aromatic hydroxyl groups is 1. The van der Waals surface area contributed by atoms with Gasteiger partial charge in [-0.25, -0.2) is 0 Å². The van der Waals surface area contributed by atoms with Crippen LogP contribution in [0.5, 0.6) is 5.75 Å². The number of hydrogen-bond donors (Lipinski definition) is 1. The Morgan fingerprint density at radius 1 is 1.00 bits per heavy atom. The lowest BCUT2D eigenvalue weighted by Gasteiger charge is -2.12. The number of rotatable bonds is 0. The van der Waals surface area contributed by atoms with Crippen molar-refractivity contribution in [2.24, 2.45) is 0 Å². The van der Waals surface area contributed by atoms with Crippen molar-refractivity contribution in [2.45, 2.75) is 0 Å². The zero-order valence-electron chi connectivity index (χ0n) is 7.90. The minimum absolute atomic E-state index is 0.00120. The molecule has 0 saturated heterocycles. The van der Waals surface area contributed by atoms with Crippen molar-refractivity contribution >= 4 is 22.6 Å². The van der Waals surface area contributed by atoms with E-state index in [2.05, 4.69) is 0 Å². The van der Waals surface area contributed by atoms with Crippen LogP contribution in [0.25, 0.3) is 16.8 Å². The van der Waals surface area contributed by atoms with Crippen LogP contribution >= 0.6 is 0 Å². The fraction of sp³-hybridized carbons (Fsp3) is 0. The van der Waals surface area contributed by atoms with Crippen molar-refractivity contribution in [1.29, 1.82) is 0 Å². The molecule has 0 amide bonds. The van der Waals surface area contributed by atoms with Crippen LogP contribution in [0.15, 0.2) is 36.4 Å². The summed E-state index contributed by atoms with van der Waals surface area (Å²) in [6.07, 6.45) is 3.35. The van der Waals surface area contributed by atoms with E-state index in [0.717, 1.165) is 16.3 Å². The fourth-order valence-corrected chi connectivity index (χ4v) is 2.02. The number of ketones is 1. The van der Waals surface area contributed by atoms with E-state index < -0.39 is 0 Å². The molecule has 1 aliphatic carbocycles. The summed E-state index contributed by atoms with van der Waals surface area (Å²) in [5.41, 5.74) is 1.65. The Kier molecular flexibility index (Phi) is 1.48. The summed E-state index contributed by atoms with van der Waals surface area (Å²) in [6.45, 7) is 0. The Balaban J connectivity index is 2.59. The van der Waals surface area contributed by atoms with Crippen LogP contribution in [-0.4, -0.2) is 10.9 Å². The average Bonchev–Trinajstić information content (AvgIpc) is 2.27. The van der Waals surface area contributed by atoms with Crippen LogP contribution in [0.1, 0.15) is 15.9 Å². The SMILES string of the molecule is O=C1C=Cc2ccc(O)c3cccc1c23. The molecule has 0 unspecified atom stereocenters. The summed E-state index contributed by atoms with van der Waals surface area (Å²) in [7, 11) is 0. The van der Waals surface area contributed by atoms with E-state index in [0.29, 0.717) is 5.56 Å². The lowest BCUT2D eigenvalue weighted by Crippen LogP contribution is -2.00. The summed E-state index contributed by atoms with van der Waals surface area (Å²) in [6, 6.07) is 8.88. The molecule has 3 rings (SSSR count). The molecule has 0 aliphatic heterocycles. The van der Waals surface area contributed by atoms with Crippen LogP contribution in [0.4, 0.5) is 0 Å². The topological polar surface area (TPSA) is 37.3 Å². The van der Waals surface area contributed by atoms with E-state index >= 15 is 0 Å². The molecule has 2 aromatic rings. The summed E-state index contributed by atoms with van der Waals surface area (Å²) in [5, 5.41) is 11.3. The van der Waals surface area contributed by atoms with Crippen LogP contribution in [0.2, 0.25) is 0 Å². The Morgan fingerprint density at radius 2 is 1.87 bits per heavy atom. The second-order valence-electron chi connectivity index (χ2n) is 3.60. The first kappa shape index (κ1) is 8.24.